The van der Waals surface area contributed by atoms with Crippen LogP contribution < -0.4 is 5.73 Å². The van der Waals surface area contributed by atoms with Gasteiger partial charge in [0.1, 0.15) is 5.76 Å². The number of rotatable bonds is 2. The average Bonchev–Trinajstić information content (AvgIpc) is 2.83. The molecule has 0 saturated heterocycles. The minimum atomic E-state index is -0.0252. The van der Waals surface area contributed by atoms with E-state index in [-0.39, 0.29) is 6.04 Å². The molecule has 3 heteroatoms. The molecule has 1 heterocycles. The summed E-state index contributed by atoms with van der Waals surface area (Å²) in [6, 6.07) is 10.5. The van der Waals surface area contributed by atoms with Crippen LogP contribution in [0.3, 0.4) is 0 Å². The topological polar surface area (TPSA) is 39.2 Å². The van der Waals surface area contributed by atoms with Gasteiger partial charge in [-0.2, -0.15) is 0 Å². The first kappa shape index (κ1) is 12.0. The van der Waals surface area contributed by atoms with Gasteiger partial charge in [0, 0.05) is 0 Å². The lowest BCUT2D eigenvalue weighted by Crippen LogP contribution is -2.26. The summed E-state index contributed by atoms with van der Waals surface area (Å²) >= 11 is 3.49. The van der Waals surface area contributed by atoms with Crippen molar-refractivity contribution >= 4 is 15.9 Å². The van der Waals surface area contributed by atoms with Crippen molar-refractivity contribution in [3.05, 3.63) is 58.0 Å². The molecule has 0 saturated carbocycles. The second kappa shape index (κ2) is 4.90. The van der Waals surface area contributed by atoms with Gasteiger partial charge in [-0.1, -0.05) is 24.3 Å². The average molecular weight is 306 g/mol. The van der Waals surface area contributed by atoms with E-state index in [1.54, 1.807) is 6.26 Å². The molecule has 2 aromatic rings. The van der Waals surface area contributed by atoms with Crippen LogP contribution in [0.4, 0.5) is 0 Å². The van der Waals surface area contributed by atoms with Gasteiger partial charge in [-0.05, 0) is 58.3 Å². The van der Waals surface area contributed by atoms with Gasteiger partial charge in [-0.25, -0.2) is 0 Å². The van der Waals surface area contributed by atoms with E-state index in [4.69, 9.17) is 10.2 Å². The highest BCUT2D eigenvalue weighted by molar-refractivity contribution is 9.10. The Kier molecular flexibility index (Phi) is 3.27. The minimum absolute atomic E-state index is 0.0252. The number of nitrogens with two attached hydrogens (primary N) is 1. The van der Waals surface area contributed by atoms with Gasteiger partial charge in [-0.15, -0.1) is 0 Å². The van der Waals surface area contributed by atoms with E-state index in [9.17, 15) is 0 Å². The maximum atomic E-state index is 6.35. The Morgan fingerprint density at radius 3 is 2.72 bits per heavy atom. The lowest BCUT2D eigenvalue weighted by atomic mass is 9.79. The monoisotopic (exact) mass is 305 g/mol. The van der Waals surface area contributed by atoms with E-state index in [0.29, 0.717) is 5.92 Å². The largest absolute Gasteiger partial charge is 0.466 e. The quantitative estimate of drug-likeness (QED) is 0.915. The number of furan rings is 1. The Morgan fingerprint density at radius 2 is 2.00 bits per heavy atom. The van der Waals surface area contributed by atoms with Crippen molar-refractivity contribution in [2.45, 2.75) is 25.3 Å². The molecule has 0 aliphatic heterocycles. The molecular formula is C15H16BrNO. The summed E-state index contributed by atoms with van der Waals surface area (Å²) in [5.41, 5.74) is 9.26. The molecule has 0 spiro atoms. The van der Waals surface area contributed by atoms with Gasteiger partial charge in [0.25, 0.3) is 0 Å². The number of halogens is 1. The van der Waals surface area contributed by atoms with Gasteiger partial charge in [0.15, 0.2) is 0 Å². The molecule has 2 nitrogen and oxygen atoms in total. The molecule has 1 aliphatic carbocycles. The molecule has 94 valence electrons. The third-order valence-electron chi connectivity index (χ3n) is 3.84. The van der Waals surface area contributed by atoms with Crippen molar-refractivity contribution in [2.75, 3.05) is 0 Å². The molecule has 18 heavy (non-hydrogen) atoms. The predicted octanol–water partition coefficient (Wildman–Crippen LogP) is 3.85. The molecule has 2 unspecified atom stereocenters. The van der Waals surface area contributed by atoms with Gasteiger partial charge in [-0.3, -0.25) is 0 Å². The normalized spacial score (nSPS) is 20.4. The molecule has 1 aromatic carbocycles. The Morgan fingerprint density at radius 1 is 1.22 bits per heavy atom. The number of aryl methyl sites for hydroxylation is 1. The van der Waals surface area contributed by atoms with Crippen molar-refractivity contribution in [3.63, 3.8) is 0 Å². The van der Waals surface area contributed by atoms with Gasteiger partial charge in [0.2, 0.25) is 0 Å². The predicted molar refractivity (Wildman–Crippen MR) is 75.3 cm³/mol. The van der Waals surface area contributed by atoms with Crippen LogP contribution in [0.2, 0.25) is 0 Å². The highest BCUT2D eigenvalue weighted by Gasteiger charge is 2.27. The van der Waals surface area contributed by atoms with Crippen molar-refractivity contribution in [1.29, 1.82) is 0 Å². The molecule has 2 atom stereocenters. The Bertz CT molecular complexity index is 549. The summed E-state index contributed by atoms with van der Waals surface area (Å²) in [6.07, 6.45) is 4.98. The zero-order valence-corrected chi connectivity index (χ0v) is 11.7. The molecule has 2 N–H and O–H groups in total. The molecule has 1 aromatic heterocycles. The number of hydrogen-bond donors (Lipinski definition) is 1. The fourth-order valence-corrected chi connectivity index (χ4v) is 3.26. The first-order chi connectivity index (χ1) is 8.75. The van der Waals surface area contributed by atoms with E-state index in [1.807, 2.05) is 6.07 Å². The fraction of sp³-hybridized carbons (Fsp3) is 0.333. The third kappa shape index (κ3) is 2.13. The van der Waals surface area contributed by atoms with Crippen LogP contribution in [0.5, 0.6) is 0 Å². The van der Waals surface area contributed by atoms with Crippen molar-refractivity contribution in [2.24, 2.45) is 11.7 Å². The summed E-state index contributed by atoms with van der Waals surface area (Å²) in [5, 5.41) is 0. The van der Waals surface area contributed by atoms with Gasteiger partial charge >= 0.3 is 0 Å². The molecule has 0 amide bonds. The van der Waals surface area contributed by atoms with Crippen LogP contribution in [0, 0.1) is 5.92 Å². The minimum Gasteiger partial charge on any atom is -0.466 e. The molecule has 1 aliphatic rings. The summed E-state index contributed by atoms with van der Waals surface area (Å²) in [4.78, 5) is 0. The highest BCUT2D eigenvalue weighted by Crippen LogP contribution is 2.35. The van der Waals surface area contributed by atoms with E-state index in [0.717, 1.165) is 29.5 Å². The van der Waals surface area contributed by atoms with E-state index in [2.05, 4.69) is 40.2 Å². The number of benzene rings is 1. The summed E-state index contributed by atoms with van der Waals surface area (Å²) in [6.45, 7) is 0. The van der Waals surface area contributed by atoms with Gasteiger partial charge < -0.3 is 10.2 Å². The van der Waals surface area contributed by atoms with Crippen LogP contribution in [0.15, 0.2) is 45.5 Å². The lowest BCUT2D eigenvalue weighted by Gasteiger charge is -2.28. The number of fused-ring (bicyclic) bond motifs is 1. The highest BCUT2D eigenvalue weighted by atomic mass is 79.9. The number of hydrogen-bond acceptors (Lipinski definition) is 2. The molecule has 0 radical (unpaired) electrons. The van der Waals surface area contributed by atoms with E-state index >= 15 is 0 Å². The van der Waals surface area contributed by atoms with Crippen molar-refractivity contribution in [1.82, 2.24) is 0 Å². The molecular weight excluding hydrogens is 290 g/mol. The maximum absolute atomic E-state index is 6.35. The van der Waals surface area contributed by atoms with Crippen LogP contribution in [0.1, 0.15) is 29.3 Å². The first-order valence-electron chi connectivity index (χ1n) is 6.31. The SMILES string of the molecule is NC(c1occc1Br)C1CCc2ccccc2C1. The van der Waals surface area contributed by atoms with Crippen LogP contribution in [0.25, 0.3) is 0 Å². The van der Waals surface area contributed by atoms with Crippen LogP contribution >= 0.6 is 15.9 Å². The fourth-order valence-electron chi connectivity index (χ4n) is 2.79. The maximum Gasteiger partial charge on any atom is 0.134 e. The smallest absolute Gasteiger partial charge is 0.134 e. The zero-order valence-electron chi connectivity index (χ0n) is 10.1. The second-order valence-corrected chi connectivity index (χ2v) is 5.78. The summed E-state index contributed by atoms with van der Waals surface area (Å²) < 4.78 is 6.48. The first-order valence-corrected chi connectivity index (χ1v) is 7.10. The Hall–Kier alpha value is -1.06. The Balaban J connectivity index is 1.82. The third-order valence-corrected chi connectivity index (χ3v) is 4.50. The molecule has 0 bridgehead atoms. The van der Waals surface area contributed by atoms with Crippen LogP contribution in [-0.2, 0) is 12.8 Å². The standard InChI is InChI=1S/C15H16BrNO/c16-13-7-8-18-15(13)14(17)12-6-5-10-3-1-2-4-11(10)9-12/h1-4,7-8,12,14H,5-6,9,17H2. The van der Waals surface area contributed by atoms with Crippen LogP contribution in [-0.4, -0.2) is 0 Å². The van der Waals surface area contributed by atoms with E-state index < -0.39 is 0 Å². The second-order valence-electron chi connectivity index (χ2n) is 4.93. The molecule has 3 rings (SSSR count). The van der Waals surface area contributed by atoms with Crippen molar-refractivity contribution < 1.29 is 4.42 Å². The van der Waals surface area contributed by atoms with E-state index in [1.165, 1.54) is 11.1 Å². The summed E-state index contributed by atoms with van der Waals surface area (Å²) in [7, 11) is 0. The van der Waals surface area contributed by atoms with Gasteiger partial charge in [0.05, 0.1) is 16.8 Å². The zero-order chi connectivity index (χ0) is 12.5. The Labute approximate surface area is 115 Å². The van der Waals surface area contributed by atoms with Crippen molar-refractivity contribution in [3.8, 4) is 0 Å². The summed E-state index contributed by atoms with van der Waals surface area (Å²) in [5.74, 6) is 1.33. The molecule has 0 fully saturated rings. The lowest BCUT2D eigenvalue weighted by molar-refractivity contribution is 0.331.